The van der Waals surface area contributed by atoms with Gasteiger partial charge < -0.3 is 14.4 Å². The van der Waals surface area contributed by atoms with Gasteiger partial charge in [0.1, 0.15) is 6.10 Å². The number of carbonyl (C=O) groups is 1. The summed E-state index contributed by atoms with van der Waals surface area (Å²) in [4.78, 5) is 10.5. The van der Waals surface area contributed by atoms with Crippen LogP contribution in [0.25, 0.3) is 0 Å². The number of aromatic nitrogens is 1. The first-order chi connectivity index (χ1) is 7.25. The van der Waals surface area contributed by atoms with E-state index in [1.54, 1.807) is 0 Å². The summed E-state index contributed by atoms with van der Waals surface area (Å²) >= 11 is 1.90. The summed E-state index contributed by atoms with van der Waals surface area (Å²) in [6.07, 6.45) is 2.08. The fourth-order valence-electron chi connectivity index (χ4n) is 1.38. The second-order valence-electron chi connectivity index (χ2n) is 3.26. The van der Waals surface area contributed by atoms with Crippen molar-refractivity contribution in [3.8, 4) is 5.88 Å². The lowest BCUT2D eigenvalue weighted by molar-refractivity contribution is 0.0651. The number of aromatic carboxylic acids is 1. The average Bonchev–Trinajstić information content (AvgIpc) is 2.68. The minimum absolute atomic E-state index is 0.137. The maximum absolute atomic E-state index is 10.5. The number of carboxylic acids is 1. The molecule has 0 aromatic carbocycles. The van der Waals surface area contributed by atoms with Gasteiger partial charge in [-0.15, -0.1) is 0 Å². The maximum atomic E-state index is 10.5. The van der Waals surface area contributed by atoms with Gasteiger partial charge in [0, 0.05) is 0 Å². The maximum Gasteiger partial charge on any atom is 0.374 e. The molecule has 5 nitrogen and oxygen atoms in total. The Hall–Kier alpha value is -1.17. The van der Waals surface area contributed by atoms with Crippen molar-refractivity contribution in [1.82, 2.24) is 5.16 Å². The highest BCUT2D eigenvalue weighted by Crippen LogP contribution is 2.22. The van der Waals surface area contributed by atoms with Crippen LogP contribution in [-0.4, -0.2) is 33.8 Å². The molecule has 0 spiro atoms. The molecule has 0 bridgehead atoms. The van der Waals surface area contributed by atoms with Crippen molar-refractivity contribution in [2.24, 2.45) is 0 Å². The highest BCUT2D eigenvalue weighted by Gasteiger charge is 2.18. The zero-order valence-corrected chi connectivity index (χ0v) is 8.83. The molecule has 1 aromatic rings. The molecule has 1 saturated heterocycles. The second-order valence-corrected chi connectivity index (χ2v) is 4.49. The third-order valence-corrected chi connectivity index (χ3v) is 3.20. The fourth-order valence-corrected chi connectivity index (χ4v) is 2.44. The van der Waals surface area contributed by atoms with Crippen LogP contribution in [0, 0.1) is 0 Å². The zero-order valence-electron chi connectivity index (χ0n) is 8.01. The first-order valence-corrected chi connectivity index (χ1v) is 5.85. The number of hydrogen-bond acceptors (Lipinski definition) is 5. The summed E-state index contributed by atoms with van der Waals surface area (Å²) in [7, 11) is 0. The Bertz CT molecular complexity index is 346. The Morgan fingerprint density at radius 2 is 2.33 bits per heavy atom. The molecule has 0 radical (unpaired) electrons. The summed E-state index contributed by atoms with van der Waals surface area (Å²) in [5.41, 5.74) is 0. The molecule has 0 unspecified atom stereocenters. The lowest BCUT2D eigenvalue weighted by Crippen LogP contribution is -2.22. The van der Waals surface area contributed by atoms with E-state index in [0.29, 0.717) is 0 Å². The minimum atomic E-state index is -1.13. The highest BCUT2D eigenvalue weighted by atomic mass is 32.2. The number of carboxylic acid groups (broad SMARTS) is 1. The molecule has 1 aliphatic rings. The van der Waals surface area contributed by atoms with Crippen LogP contribution in [0.4, 0.5) is 0 Å². The average molecular weight is 229 g/mol. The summed E-state index contributed by atoms with van der Waals surface area (Å²) in [6.45, 7) is 0. The molecule has 0 amide bonds. The Morgan fingerprint density at radius 1 is 1.60 bits per heavy atom. The standard InChI is InChI=1S/C9H11NO4S/c11-9(12)7-5-8(10-14-7)13-6-1-3-15-4-2-6/h5-6H,1-4H2,(H,11,12). The summed E-state index contributed by atoms with van der Waals surface area (Å²) in [6, 6.07) is 1.31. The Morgan fingerprint density at radius 3 is 2.93 bits per heavy atom. The van der Waals surface area contributed by atoms with Crippen molar-refractivity contribution < 1.29 is 19.2 Å². The van der Waals surface area contributed by atoms with E-state index in [1.165, 1.54) is 6.07 Å². The summed E-state index contributed by atoms with van der Waals surface area (Å²) in [5.74, 6) is 1.11. The van der Waals surface area contributed by atoms with Crippen molar-refractivity contribution in [2.45, 2.75) is 18.9 Å². The van der Waals surface area contributed by atoms with E-state index < -0.39 is 5.97 Å². The highest BCUT2D eigenvalue weighted by molar-refractivity contribution is 7.99. The van der Waals surface area contributed by atoms with Gasteiger partial charge in [-0.25, -0.2) is 4.79 Å². The zero-order chi connectivity index (χ0) is 10.7. The Labute approximate surface area is 90.8 Å². The van der Waals surface area contributed by atoms with Gasteiger partial charge in [0.15, 0.2) is 0 Å². The van der Waals surface area contributed by atoms with Crippen molar-refractivity contribution in [3.63, 3.8) is 0 Å². The molecule has 1 aromatic heterocycles. The van der Waals surface area contributed by atoms with Gasteiger partial charge in [0.2, 0.25) is 5.76 Å². The number of rotatable bonds is 3. The van der Waals surface area contributed by atoms with Crippen molar-refractivity contribution in [1.29, 1.82) is 0 Å². The molecule has 0 aliphatic carbocycles. The van der Waals surface area contributed by atoms with Gasteiger partial charge in [0.25, 0.3) is 5.88 Å². The van der Waals surface area contributed by atoms with Crippen LogP contribution in [0.3, 0.4) is 0 Å². The molecule has 0 saturated carbocycles. The number of thioether (sulfide) groups is 1. The largest absolute Gasteiger partial charge is 0.475 e. The normalized spacial score (nSPS) is 17.6. The van der Waals surface area contributed by atoms with E-state index in [2.05, 4.69) is 9.68 Å². The molecular formula is C9H11NO4S. The van der Waals surface area contributed by atoms with Crippen LogP contribution >= 0.6 is 11.8 Å². The van der Waals surface area contributed by atoms with E-state index in [1.807, 2.05) is 11.8 Å². The van der Waals surface area contributed by atoms with E-state index in [4.69, 9.17) is 9.84 Å². The number of nitrogens with zero attached hydrogens (tertiary/aromatic N) is 1. The predicted octanol–water partition coefficient (Wildman–Crippen LogP) is 1.65. The van der Waals surface area contributed by atoms with Crippen molar-refractivity contribution in [2.75, 3.05) is 11.5 Å². The molecule has 1 aliphatic heterocycles. The quantitative estimate of drug-likeness (QED) is 0.849. The van der Waals surface area contributed by atoms with Crippen LogP contribution in [0.2, 0.25) is 0 Å². The third-order valence-electron chi connectivity index (χ3n) is 2.16. The number of ether oxygens (including phenoxy) is 1. The monoisotopic (exact) mass is 229 g/mol. The van der Waals surface area contributed by atoms with Crippen LogP contribution in [0.5, 0.6) is 5.88 Å². The summed E-state index contributed by atoms with van der Waals surface area (Å²) < 4.78 is 10.1. The molecule has 1 fully saturated rings. The smallest absolute Gasteiger partial charge is 0.374 e. The van der Waals surface area contributed by atoms with Crippen LogP contribution in [0.1, 0.15) is 23.4 Å². The molecule has 1 N–H and O–H groups in total. The van der Waals surface area contributed by atoms with Gasteiger partial charge in [0.05, 0.1) is 6.07 Å². The van der Waals surface area contributed by atoms with Gasteiger partial charge in [-0.2, -0.15) is 11.8 Å². The second kappa shape index (κ2) is 4.57. The molecule has 2 heterocycles. The number of hydrogen-bond donors (Lipinski definition) is 1. The van der Waals surface area contributed by atoms with Crippen LogP contribution in [-0.2, 0) is 0 Å². The fraction of sp³-hybridized carbons (Fsp3) is 0.556. The van der Waals surface area contributed by atoms with Gasteiger partial charge in [-0.3, -0.25) is 0 Å². The predicted molar refractivity (Wildman–Crippen MR) is 54.4 cm³/mol. The van der Waals surface area contributed by atoms with Gasteiger partial charge >= 0.3 is 5.97 Å². The molecule has 82 valence electrons. The third kappa shape index (κ3) is 2.65. The Balaban J connectivity index is 1.94. The lowest BCUT2D eigenvalue weighted by atomic mass is 10.2. The first-order valence-electron chi connectivity index (χ1n) is 4.70. The topological polar surface area (TPSA) is 72.6 Å². The van der Waals surface area contributed by atoms with Crippen LogP contribution in [0.15, 0.2) is 10.6 Å². The van der Waals surface area contributed by atoms with E-state index in [9.17, 15) is 4.79 Å². The Kier molecular flexibility index (Phi) is 3.15. The summed E-state index contributed by atoms with van der Waals surface area (Å²) in [5, 5.41) is 12.2. The molecular weight excluding hydrogens is 218 g/mol. The van der Waals surface area contributed by atoms with Gasteiger partial charge in [-0.1, -0.05) is 0 Å². The van der Waals surface area contributed by atoms with E-state index in [0.717, 1.165) is 24.3 Å². The van der Waals surface area contributed by atoms with Gasteiger partial charge in [-0.05, 0) is 29.5 Å². The SMILES string of the molecule is O=C(O)c1cc(OC2CCSCC2)no1. The lowest BCUT2D eigenvalue weighted by Gasteiger charge is -2.20. The molecule has 0 atom stereocenters. The van der Waals surface area contributed by atoms with Crippen molar-refractivity contribution >= 4 is 17.7 Å². The van der Waals surface area contributed by atoms with E-state index in [-0.39, 0.29) is 17.7 Å². The molecule has 2 rings (SSSR count). The van der Waals surface area contributed by atoms with Crippen LogP contribution < -0.4 is 4.74 Å². The van der Waals surface area contributed by atoms with Crippen molar-refractivity contribution in [3.05, 3.63) is 11.8 Å². The first kappa shape index (κ1) is 10.4. The minimum Gasteiger partial charge on any atom is -0.475 e. The molecule has 15 heavy (non-hydrogen) atoms. The molecule has 6 heteroatoms. The van der Waals surface area contributed by atoms with E-state index >= 15 is 0 Å².